The number of ether oxygens (including phenoxy) is 1. The van der Waals surface area contributed by atoms with Crippen molar-refractivity contribution in [3.63, 3.8) is 0 Å². The van der Waals surface area contributed by atoms with Gasteiger partial charge in [0.05, 0.1) is 12.6 Å². The van der Waals surface area contributed by atoms with Gasteiger partial charge in [-0.1, -0.05) is 30.3 Å². The van der Waals surface area contributed by atoms with Crippen molar-refractivity contribution in [3.05, 3.63) is 41.5 Å². The summed E-state index contributed by atoms with van der Waals surface area (Å²) in [6.45, 7) is 4.11. The molecule has 0 aliphatic heterocycles. The van der Waals surface area contributed by atoms with E-state index < -0.39 is 6.09 Å². The number of alkyl carbamates (subject to hydrolysis) is 1. The Labute approximate surface area is 101 Å². The first-order valence-electron chi connectivity index (χ1n) is 5.69. The van der Waals surface area contributed by atoms with Crippen molar-refractivity contribution in [2.24, 2.45) is 0 Å². The second-order valence-corrected chi connectivity index (χ2v) is 4.59. The monoisotopic (exact) mass is 231 g/mol. The molecular weight excluding hydrogens is 214 g/mol. The maximum atomic E-state index is 11.4. The third kappa shape index (κ3) is 2.05. The van der Waals surface area contributed by atoms with Crippen molar-refractivity contribution in [2.45, 2.75) is 25.8 Å². The predicted octanol–water partition coefficient (Wildman–Crippen LogP) is 3.06. The van der Waals surface area contributed by atoms with E-state index >= 15 is 0 Å². The van der Waals surface area contributed by atoms with Crippen LogP contribution in [0.15, 0.2) is 30.3 Å². The molecule has 90 valence electrons. The van der Waals surface area contributed by atoms with Crippen LogP contribution in [0, 0.1) is 0 Å². The SMILES string of the molecule is COC(=O)N[C@@]1(C)CC=C(C)c2ccccc21. The number of amides is 1. The van der Waals surface area contributed by atoms with E-state index in [1.54, 1.807) is 0 Å². The lowest BCUT2D eigenvalue weighted by Crippen LogP contribution is -2.44. The Morgan fingerprint density at radius 1 is 1.41 bits per heavy atom. The number of benzene rings is 1. The molecule has 1 aliphatic carbocycles. The quantitative estimate of drug-likeness (QED) is 0.806. The second-order valence-electron chi connectivity index (χ2n) is 4.59. The van der Waals surface area contributed by atoms with Gasteiger partial charge in [0.1, 0.15) is 0 Å². The molecule has 3 heteroatoms. The van der Waals surface area contributed by atoms with Gasteiger partial charge in [0.25, 0.3) is 0 Å². The maximum absolute atomic E-state index is 11.4. The van der Waals surface area contributed by atoms with Crippen LogP contribution in [0.1, 0.15) is 31.4 Å². The maximum Gasteiger partial charge on any atom is 0.407 e. The fraction of sp³-hybridized carbons (Fsp3) is 0.357. The van der Waals surface area contributed by atoms with Gasteiger partial charge in [0.15, 0.2) is 0 Å². The van der Waals surface area contributed by atoms with Crippen molar-refractivity contribution < 1.29 is 9.53 Å². The number of carbonyl (C=O) groups excluding carboxylic acids is 1. The zero-order valence-electron chi connectivity index (χ0n) is 10.4. The lowest BCUT2D eigenvalue weighted by molar-refractivity contribution is 0.157. The fourth-order valence-electron chi connectivity index (χ4n) is 2.28. The Hall–Kier alpha value is -1.77. The molecule has 0 saturated carbocycles. The Kier molecular flexibility index (Phi) is 2.92. The zero-order chi connectivity index (χ0) is 12.5. The molecule has 1 aromatic rings. The number of carbonyl (C=O) groups is 1. The summed E-state index contributed by atoms with van der Waals surface area (Å²) in [5.41, 5.74) is 3.20. The van der Waals surface area contributed by atoms with Gasteiger partial charge < -0.3 is 10.1 Å². The Balaban J connectivity index is 2.42. The van der Waals surface area contributed by atoms with Crippen LogP contribution in [0.25, 0.3) is 5.57 Å². The minimum Gasteiger partial charge on any atom is -0.453 e. The summed E-state index contributed by atoms with van der Waals surface area (Å²) < 4.78 is 4.69. The lowest BCUT2D eigenvalue weighted by atomic mass is 9.79. The molecule has 0 aromatic heterocycles. The molecule has 1 aliphatic rings. The van der Waals surface area contributed by atoms with Crippen LogP contribution in [0.2, 0.25) is 0 Å². The van der Waals surface area contributed by atoms with Gasteiger partial charge in [-0.25, -0.2) is 4.79 Å². The van der Waals surface area contributed by atoms with Crippen molar-refractivity contribution in [2.75, 3.05) is 7.11 Å². The molecule has 17 heavy (non-hydrogen) atoms. The van der Waals surface area contributed by atoms with E-state index in [1.807, 2.05) is 19.1 Å². The van der Waals surface area contributed by atoms with Gasteiger partial charge >= 0.3 is 6.09 Å². The number of fused-ring (bicyclic) bond motifs is 1. The summed E-state index contributed by atoms with van der Waals surface area (Å²) in [4.78, 5) is 11.4. The van der Waals surface area contributed by atoms with Crippen LogP contribution in [-0.4, -0.2) is 13.2 Å². The number of methoxy groups -OCH3 is 1. The number of nitrogens with one attached hydrogen (secondary N) is 1. The zero-order valence-corrected chi connectivity index (χ0v) is 10.4. The van der Waals surface area contributed by atoms with Crippen molar-refractivity contribution in [3.8, 4) is 0 Å². The molecule has 1 amide bonds. The number of allylic oxidation sites excluding steroid dienone is 1. The third-order valence-corrected chi connectivity index (χ3v) is 3.33. The van der Waals surface area contributed by atoms with Crippen molar-refractivity contribution >= 4 is 11.7 Å². The molecule has 0 radical (unpaired) electrons. The Bertz CT molecular complexity index is 479. The summed E-state index contributed by atoms with van der Waals surface area (Å²) in [6, 6.07) is 8.15. The molecule has 0 bridgehead atoms. The second kappa shape index (κ2) is 4.24. The highest BCUT2D eigenvalue weighted by Gasteiger charge is 2.32. The number of hydrogen-bond acceptors (Lipinski definition) is 2. The van der Waals surface area contributed by atoms with Gasteiger partial charge in [0, 0.05) is 0 Å². The summed E-state index contributed by atoms with van der Waals surface area (Å²) >= 11 is 0. The van der Waals surface area contributed by atoms with E-state index in [0.717, 1.165) is 12.0 Å². The van der Waals surface area contributed by atoms with Crippen LogP contribution < -0.4 is 5.32 Å². The first-order valence-corrected chi connectivity index (χ1v) is 5.69. The van der Waals surface area contributed by atoms with E-state index in [9.17, 15) is 4.79 Å². The van der Waals surface area contributed by atoms with E-state index in [1.165, 1.54) is 18.2 Å². The standard InChI is InChI=1S/C14H17NO2/c1-10-8-9-14(2,15-13(16)17-3)12-7-5-4-6-11(10)12/h4-8H,9H2,1-3H3,(H,15,16)/t14-/m0/s1. The number of hydrogen-bond donors (Lipinski definition) is 1. The van der Waals surface area contributed by atoms with E-state index in [0.29, 0.717) is 0 Å². The van der Waals surface area contributed by atoms with Gasteiger partial charge in [-0.3, -0.25) is 0 Å². The summed E-state index contributed by atoms with van der Waals surface area (Å²) in [5.74, 6) is 0. The molecule has 0 heterocycles. The minimum atomic E-state index is -0.393. The average molecular weight is 231 g/mol. The molecular formula is C14H17NO2. The Morgan fingerprint density at radius 3 is 2.82 bits per heavy atom. The largest absolute Gasteiger partial charge is 0.453 e. The summed E-state index contributed by atoms with van der Waals surface area (Å²) in [7, 11) is 1.38. The van der Waals surface area contributed by atoms with Crippen LogP contribution in [0.3, 0.4) is 0 Å². The van der Waals surface area contributed by atoms with Gasteiger partial charge in [-0.05, 0) is 37.0 Å². The topological polar surface area (TPSA) is 38.3 Å². The van der Waals surface area contributed by atoms with Gasteiger partial charge in [-0.15, -0.1) is 0 Å². The molecule has 1 aromatic carbocycles. The molecule has 2 rings (SSSR count). The van der Waals surface area contributed by atoms with E-state index in [2.05, 4.69) is 35.2 Å². The van der Waals surface area contributed by atoms with Gasteiger partial charge in [0.2, 0.25) is 0 Å². The highest BCUT2D eigenvalue weighted by atomic mass is 16.5. The molecule has 0 fully saturated rings. The summed E-state index contributed by atoms with van der Waals surface area (Å²) in [5, 5.41) is 2.92. The van der Waals surface area contributed by atoms with Crippen molar-refractivity contribution in [1.82, 2.24) is 5.32 Å². The highest BCUT2D eigenvalue weighted by molar-refractivity contribution is 5.74. The highest BCUT2D eigenvalue weighted by Crippen LogP contribution is 2.36. The molecule has 0 saturated heterocycles. The van der Waals surface area contributed by atoms with Gasteiger partial charge in [-0.2, -0.15) is 0 Å². The molecule has 1 N–H and O–H groups in total. The molecule has 0 spiro atoms. The molecule has 1 atom stereocenters. The number of rotatable bonds is 1. The van der Waals surface area contributed by atoms with Crippen LogP contribution >= 0.6 is 0 Å². The lowest BCUT2D eigenvalue weighted by Gasteiger charge is -2.35. The summed E-state index contributed by atoms with van der Waals surface area (Å²) in [6.07, 6.45) is 2.54. The first kappa shape index (κ1) is 11.7. The van der Waals surface area contributed by atoms with Crippen LogP contribution in [-0.2, 0) is 10.3 Å². The van der Waals surface area contributed by atoms with Crippen LogP contribution in [0.4, 0.5) is 4.79 Å². The smallest absolute Gasteiger partial charge is 0.407 e. The van der Waals surface area contributed by atoms with E-state index in [-0.39, 0.29) is 5.54 Å². The van der Waals surface area contributed by atoms with E-state index in [4.69, 9.17) is 0 Å². The van der Waals surface area contributed by atoms with Crippen molar-refractivity contribution in [1.29, 1.82) is 0 Å². The minimum absolute atomic E-state index is 0.386. The third-order valence-electron chi connectivity index (χ3n) is 3.33. The fourth-order valence-corrected chi connectivity index (χ4v) is 2.28. The molecule has 3 nitrogen and oxygen atoms in total. The normalized spacial score (nSPS) is 22.4. The Morgan fingerprint density at radius 2 is 2.12 bits per heavy atom. The molecule has 0 unspecified atom stereocenters. The van der Waals surface area contributed by atoms with Crippen LogP contribution in [0.5, 0.6) is 0 Å². The first-order chi connectivity index (χ1) is 8.07. The predicted molar refractivity (Wildman–Crippen MR) is 67.6 cm³/mol. The average Bonchev–Trinajstić information content (AvgIpc) is 2.35.